The Hall–Kier alpha value is -0.980. The van der Waals surface area contributed by atoms with Crippen molar-refractivity contribution < 1.29 is 12.8 Å². The van der Waals surface area contributed by atoms with Crippen LogP contribution in [0.15, 0.2) is 23.1 Å². The maximum absolute atomic E-state index is 13.1. The average molecular weight is 260 g/mol. The van der Waals surface area contributed by atoms with Crippen LogP contribution in [0.2, 0.25) is 0 Å². The van der Waals surface area contributed by atoms with Crippen LogP contribution < -0.4 is 5.73 Å². The first-order valence-electron chi connectivity index (χ1n) is 5.39. The van der Waals surface area contributed by atoms with E-state index in [9.17, 15) is 12.8 Å². The van der Waals surface area contributed by atoms with Crippen molar-refractivity contribution in [1.29, 1.82) is 0 Å². The summed E-state index contributed by atoms with van der Waals surface area (Å²) in [6.07, 6.45) is 0. The molecular formula is C11H17FN2O2S. The highest BCUT2D eigenvalue weighted by atomic mass is 32.2. The Bertz CT molecular complexity index is 488. The number of aryl methyl sites for hydroxylation is 1. The van der Waals surface area contributed by atoms with Crippen molar-refractivity contribution in [3.05, 3.63) is 29.6 Å². The number of rotatable bonds is 5. The first-order valence-corrected chi connectivity index (χ1v) is 6.83. The van der Waals surface area contributed by atoms with Gasteiger partial charge in [-0.1, -0.05) is 13.0 Å². The third kappa shape index (κ3) is 3.02. The number of sulfonamides is 1. The highest BCUT2D eigenvalue weighted by molar-refractivity contribution is 7.89. The summed E-state index contributed by atoms with van der Waals surface area (Å²) < 4.78 is 38.8. The van der Waals surface area contributed by atoms with Crippen LogP contribution in [0.25, 0.3) is 0 Å². The zero-order valence-corrected chi connectivity index (χ0v) is 10.8. The molecule has 2 N–H and O–H groups in total. The molecule has 0 bridgehead atoms. The molecule has 0 amide bonds. The molecule has 0 aliphatic rings. The van der Waals surface area contributed by atoms with Gasteiger partial charge in [0.15, 0.2) is 0 Å². The van der Waals surface area contributed by atoms with E-state index in [-0.39, 0.29) is 18.0 Å². The van der Waals surface area contributed by atoms with Crippen LogP contribution in [0.3, 0.4) is 0 Å². The Morgan fingerprint density at radius 1 is 1.41 bits per heavy atom. The minimum absolute atomic E-state index is 0.00722. The standard InChI is InChI=1S/C11H17FN2O2S/c1-3-14(7-6-13)17(15,16)11-8-10(12)5-4-9(11)2/h4-5,8H,3,6-7,13H2,1-2H3. The molecule has 0 unspecified atom stereocenters. The molecule has 0 atom stereocenters. The minimum Gasteiger partial charge on any atom is -0.329 e. The SMILES string of the molecule is CCN(CCN)S(=O)(=O)c1cc(F)ccc1C. The van der Waals surface area contributed by atoms with E-state index in [0.29, 0.717) is 12.1 Å². The summed E-state index contributed by atoms with van der Waals surface area (Å²) in [5, 5.41) is 0. The van der Waals surface area contributed by atoms with Gasteiger partial charge in [0.25, 0.3) is 0 Å². The molecule has 96 valence electrons. The van der Waals surface area contributed by atoms with Gasteiger partial charge in [-0.15, -0.1) is 0 Å². The average Bonchev–Trinajstić information content (AvgIpc) is 2.28. The quantitative estimate of drug-likeness (QED) is 0.862. The topological polar surface area (TPSA) is 63.4 Å². The highest BCUT2D eigenvalue weighted by Gasteiger charge is 2.24. The van der Waals surface area contributed by atoms with Gasteiger partial charge in [-0.3, -0.25) is 0 Å². The van der Waals surface area contributed by atoms with Gasteiger partial charge in [0, 0.05) is 19.6 Å². The van der Waals surface area contributed by atoms with E-state index < -0.39 is 15.8 Å². The van der Waals surface area contributed by atoms with Crippen molar-refractivity contribution in [3.8, 4) is 0 Å². The minimum atomic E-state index is -3.65. The Balaban J connectivity index is 3.24. The molecule has 0 aliphatic heterocycles. The van der Waals surface area contributed by atoms with E-state index in [0.717, 1.165) is 6.07 Å². The molecule has 17 heavy (non-hydrogen) atoms. The maximum atomic E-state index is 13.1. The van der Waals surface area contributed by atoms with Crippen LogP contribution in [0.4, 0.5) is 4.39 Å². The lowest BCUT2D eigenvalue weighted by molar-refractivity contribution is 0.434. The van der Waals surface area contributed by atoms with Crippen molar-refractivity contribution in [3.63, 3.8) is 0 Å². The van der Waals surface area contributed by atoms with Crippen molar-refractivity contribution in [2.45, 2.75) is 18.7 Å². The predicted octanol–water partition coefficient (Wildman–Crippen LogP) is 1.10. The van der Waals surface area contributed by atoms with Crippen molar-refractivity contribution in [1.82, 2.24) is 4.31 Å². The smallest absolute Gasteiger partial charge is 0.243 e. The van der Waals surface area contributed by atoms with Crippen LogP contribution in [0.1, 0.15) is 12.5 Å². The molecule has 0 saturated heterocycles. The number of hydrogen-bond donors (Lipinski definition) is 1. The summed E-state index contributed by atoms with van der Waals surface area (Å²) in [6.45, 7) is 4.15. The van der Waals surface area contributed by atoms with E-state index in [1.165, 1.54) is 16.4 Å². The van der Waals surface area contributed by atoms with Crippen molar-refractivity contribution in [2.75, 3.05) is 19.6 Å². The zero-order valence-electron chi connectivity index (χ0n) is 9.98. The Morgan fingerprint density at radius 2 is 2.06 bits per heavy atom. The maximum Gasteiger partial charge on any atom is 0.243 e. The molecule has 0 saturated carbocycles. The normalized spacial score (nSPS) is 12.1. The molecular weight excluding hydrogens is 243 g/mol. The molecule has 0 aromatic heterocycles. The van der Waals surface area contributed by atoms with E-state index in [1.54, 1.807) is 13.8 Å². The number of nitrogens with two attached hydrogens (primary N) is 1. The summed E-state index contributed by atoms with van der Waals surface area (Å²) in [4.78, 5) is 0.00722. The second-order valence-electron chi connectivity index (χ2n) is 3.70. The molecule has 0 aliphatic carbocycles. The first kappa shape index (κ1) is 14.1. The van der Waals surface area contributed by atoms with Gasteiger partial charge in [0.2, 0.25) is 10.0 Å². The van der Waals surface area contributed by atoms with Crippen molar-refractivity contribution in [2.24, 2.45) is 5.73 Å². The number of likely N-dealkylation sites (N-methyl/N-ethyl adjacent to an activating group) is 1. The molecule has 0 radical (unpaired) electrons. The molecule has 6 heteroatoms. The summed E-state index contributed by atoms with van der Waals surface area (Å²) in [5.41, 5.74) is 5.90. The van der Waals surface area contributed by atoms with Gasteiger partial charge >= 0.3 is 0 Å². The van der Waals surface area contributed by atoms with Crippen LogP contribution in [-0.2, 0) is 10.0 Å². The van der Waals surface area contributed by atoms with Crippen LogP contribution in [0.5, 0.6) is 0 Å². The van der Waals surface area contributed by atoms with Gasteiger partial charge in [0.1, 0.15) is 5.82 Å². The fourth-order valence-corrected chi connectivity index (χ4v) is 3.28. The van der Waals surface area contributed by atoms with Gasteiger partial charge in [-0.2, -0.15) is 4.31 Å². The summed E-state index contributed by atoms with van der Waals surface area (Å²) >= 11 is 0. The molecule has 1 aromatic carbocycles. The number of hydrogen-bond acceptors (Lipinski definition) is 3. The lowest BCUT2D eigenvalue weighted by Crippen LogP contribution is -2.35. The van der Waals surface area contributed by atoms with E-state index in [1.807, 2.05) is 0 Å². The number of nitrogens with zero attached hydrogens (tertiary/aromatic N) is 1. The Kier molecular flexibility index (Phi) is 4.62. The van der Waals surface area contributed by atoms with Gasteiger partial charge < -0.3 is 5.73 Å². The van der Waals surface area contributed by atoms with Crippen LogP contribution >= 0.6 is 0 Å². The fourth-order valence-electron chi connectivity index (χ4n) is 1.58. The van der Waals surface area contributed by atoms with Gasteiger partial charge in [0.05, 0.1) is 4.90 Å². The van der Waals surface area contributed by atoms with Gasteiger partial charge in [-0.05, 0) is 24.6 Å². The van der Waals surface area contributed by atoms with Crippen LogP contribution in [0, 0.1) is 12.7 Å². The molecule has 1 rings (SSSR count). The molecule has 0 heterocycles. The summed E-state index contributed by atoms with van der Waals surface area (Å²) in [7, 11) is -3.65. The lowest BCUT2D eigenvalue weighted by atomic mass is 10.2. The largest absolute Gasteiger partial charge is 0.329 e. The lowest BCUT2D eigenvalue weighted by Gasteiger charge is -2.20. The molecule has 1 aromatic rings. The van der Waals surface area contributed by atoms with E-state index in [2.05, 4.69) is 0 Å². The van der Waals surface area contributed by atoms with Gasteiger partial charge in [-0.25, -0.2) is 12.8 Å². The second kappa shape index (κ2) is 5.57. The highest BCUT2D eigenvalue weighted by Crippen LogP contribution is 2.20. The second-order valence-corrected chi connectivity index (χ2v) is 5.60. The molecule has 4 nitrogen and oxygen atoms in total. The Labute approximate surface area is 101 Å². The van der Waals surface area contributed by atoms with Crippen molar-refractivity contribution >= 4 is 10.0 Å². The fraction of sp³-hybridized carbons (Fsp3) is 0.455. The third-order valence-electron chi connectivity index (χ3n) is 2.50. The summed E-state index contributed by atoms with van der Waals surface area (Å²) in [6, 6.07) is 3.75. The molecule has 0 fully saturated rings. The van der Waals surface area contributed by atoms with Crippen LogP contribution in [-0.4, -0.2) is 32.4 Å². The number of benzene rings is 1. The number of halogens is 1. The Morgan fingerprint density at radius 3 is 2.59 bits per heavy atom. The third-order valence-corrected chi connectivity index (χ3v) is 4.62. The first-order chi connectivity index (χ1) is 7.93. The summed E-state index contributed by atoms with van der Waals surface area (Å²) in [5.74, 6) is -0.557. The van der Waals surface area contributed by atoms with E-state index in [4.69, 9.17) is 5.73 Å². The van der Waals surface area contributed by atoms with E-state index >= 15 is 0 Å². The molecule has 0 spiro atoms. The zero-order chi connectivity index (χ0) is 13.1. The monoisotopic (exact) mass is 260 g/mol. The predicted molar refractivity (Wildman–Crippen MR) is 64.6 cm³/mol.